The summed E-state index contributed by atoms with van der Waals surface area (Å²) in [7, 11) is 3.48. The molecule has 4 aliphatic heterocycles. The van der Waals surface area contributed by atoms with Crippen molar-refractivity contribution in [1.82, 2.24) is 14.7 Å². The van der Waals surface area contributed by atoms with Crippen molar-refractivity contribution in [3.8, 4) is 17.6 Å². The largest absolute Gasteiger partial charge is 0.508 e. The predicted molar refractivity (Wildman–Crippen MR) is 253 cm³/mol. The van der Waals surface area contributed by atoms with E-state index >= 15 is 14.4 Å². The third-order valence-corrected chi connectivity index (χ3v) is 13.7. The van der Waals surface area contributed by atoms with Crippen LogP contribution in [0.2, 0.25) is 0 Å². The first kappa shape index (κ1) is 45.4. The number of benzene rings is 5. The Morgan fingerprint density at radius 1 is 0.776 bits per heavy atom. The number of rotatable bonds is 10. The Balaban J connectivity index is 1.30. The van der Waals surface area contributed by atoms with Crippen LogP contribution in [0, 0.1) is 17.8 Å². The molecule has 0 saturated carbocycles. The van der Waals surface area contributed by atoms with Gasteiger partial charge in [-0.25, -0.2) is 9.69 Å². The second-order valence-corrected chi connectivity index (χ2v) is 17.9. The van der Waals surface area contributed by atoms with E-state index in [0.29, 0.717) is 42.9 Å². The van der Waals surface area contributed by atoms with E-state index in [2.05, 4.69) is 28.9 Å². The molecule has 0 radical (unpaired) electrons. The van der Waals surface area contributed by atoms with Gasteiger partial charge in [0, 0.05) is 32.3 Å². The van der Waals surface area contributed by atoms with Gasteiger partial charge in [-0.3, -0.25) is 24.2 Å². The van der Waals surface area contributed by atoms with Crippen LogP contribution in [0.1, 0.15) is 83.7 Å². The number of esters is 1. The molecule has 3 saturated heterocycles. The highest BCUT2D eigenvalue weighted by Gasteiger charge is 2.76. The van der Waals surface area contributed by atoms with Crippen molar-refractivity contribution >= 4 is 29.6 Å². The number of anilines is 1. The topological polar surface area (TPSA) is 129 Å². The molecular weight excluding hydrogens is 845 g/mol. The maximum absolute atomic E-state index is 16.4. The Morgan fingerprint density at radius 2 is 1.42 bits per heavy atom. The van der Waals surface area contributed by atoms with Crippen LogP contribution < -0.4 is 4.90 Å². The number of nitrogens with zero attached hydrogens (tertiary/aromatic N) is 4. The summed E-state index contributed by atoms with van der Waals surface area (Å²) in [6.07, 6.45) is 2.65. The van der Waals surface area contributed by atoms with Gasteiger partial charge in [-0.2, -0.15) is 0 Å². The maximum atomic E-state index is 16.4. The Kier molecular flexibility index (Phi) is 13.5. The van der Waals surface area contributed by atoms with Crippen LogP contribution in [0.4, 0.5) is 10.5 Å². The minimum Gasteiger partial charge on any atom is -0.508 e. The minimum absolute atomic E-state index is 0.00304. The van der Waals surface area contributed by atoms with Crippen LogP contribution in [0.5, 0.6) is 5.75 Å². The van der Waals surface area contributed by atoms with E-state index in [1.54, 1.807) is 36.4 Å². The summed E-state index contributed by atoms with van der Waals surface area (Å²) in [5.74, 6) is 3.53. The summed E-state index contributed by atoms with van der Waals surface area (Å²) >= 11 is 0. The van der Waals surface area contributed by atoms with Crippen molar-refractivity contribution < 1.29 is 38.5 Å². The molecule has 1 spiro atoms. The van der Waals surface area contributed by atoms with Gasteiger partial charge < -0.3 is 24.2 Å². The van der Waals surface area contributed by atoms with E-state index in [-0.39, 0.29) is 30.6 Å². The average Bonchev–Trinajstić information content (AvgIpc) is 3.78. The van der Waals surface area contributed by atoms with Gasteiger partial charge >= 0.3 is 12.1 Å². The quantitative estimate of drug-likeness (QED) is 0.0834. The second kappa shape index (κ2) is 20.0. The molecule has 0 bridgehead atoms. The van der Waals surface area contributed by atoms with E-state index in [1.165, 1.54) is 7.11 Å². The number of hydrogen-bond donors (Lipinski definition) is 1. The number of carbonyl (C=O) groups excluding carboxylic acids is 4. The van der Waals surface area contributed by atoms with Crippen molar-refractivity contribution in [2.75, 3.05) is 51.9 Å². The molecule has 12 nitrogen and oxygen atoms in total. The normalized spacial score (nSPS) is 23.7. The molecule has 3 amide bonds. The number of likely N-dealkylation sites (tertiary alicyclic amines) is 1. The van der Waals surface area contributed by atoms with Crippen molar-refractivity contribution in [1.29, 1.82) is 0 Å². The van der Waals surface area contributed by atoms with Crippen LogP contribution in [-0.4, -0.2) is 96.7 Å². The van der Waals surface area contributed by atoms with Crippen molar-refractivity contribution in [2.24, 2.45) is 5.92 Å². The van der Waals surface area contributed by atoms with Gasteiger partial charge in [0.05, 0.1) is 36.8 Å². The zero-order valence-electron chi connectivity index (χ0n) is 38.0. The number of morpholine rings is 1. The number of aromatic hydroxyl groups is 1. The van der Waals surface area contributed by atoms with Crippen LogP contribution in [0.15, 0.2) is 133 Å². The first-order chi connectivity index (χ1) is 32.7. The number of phenols is 1. The van der Waals surface area contributed by atoms with Crippen molar-refractivity contribution in [3.05, 3.63) is 167 Å². The second-order valence-electron chi connectivity index (χ2n) is 17.9. The SMILES string of the molecule is COCCOC(=O)N1C(=O)[C@@]2(c3cc(C#CCN(C)Cc4ccccc4)ccc31)[C@H](c1ccc(O)cc1)N1[C@H](c3ccccc3)[C@H](c3ccccc3)OC(=O)[C@H]1[C@@H]2C(=O)N1CCCCCCC1. The summed E-state index contributed by atoms with van der Waals surface area (Å²) in [6, 6.07) is 38.1. The minimum atomic E-state index is -1.93. The average molecular weight is 901 g/mol. The fraction of sp³-hybridized carbons (Fsp3) is 0.345. The fourth-order valence-corrected chi connectivity index (χ4v) is 10.8. The number of carbonyl (C=O) groups is 4. The number of imide groups is 1. The Labute approximate surface area is 392 Å². The lowest BCUT2D eigenvalue weighted by Crippen LogP contribution is -2.56. The van der Waals surface area contributed by atoms with Crippen LogP contribution in [-0.2, 0) is 40.6 Å². The lowest BCUT2D eigenvalue weighted by atomic mass is 9.64. The molecular formula is C55H56N4O8. The Bertz CT molecular complexity index is 2630. The molecule has 6 atom stereocenters. The summed E-state index contributed by atoms with van der Waals surface area (Å²) < 4.78 is 17.6. The van der Waals surface area contributed by atoms with Gasteiger partial charge in [0.15, 0.2) is 0 Å². The maximum Gasteiger partial charge on any atom is 0.421 e. The number of cyclic esters (lactones) is 1. The van der Waals surface area contributed by atoms with E-state index in [4.69, 9.17) is 14.2 Å². The van der Waals surface area contributed by atoms with E-state index < -0.39 is 53.5 Å². The third-order valence-electron chi connectivity index (χ3n) is 13.7. The summed E-state index contributed by atoms with van der Waals surface area (Å²) in [5.41, 5.74) is 2.47. The standard InChI is InChI=1S/C55H56N4O8/c1-56(37-39-18-9-6-10-19-39)31-17-20-38-25-30-45-44(36-38)55(53(63)58(45)54(64)66-35-34-65-2)46(51(61)57-32-15-4-3-5-16-33-57)48-52(62)67-49(41-23-13-8-14-24-41)47(40-21-11-7-12-22-40)59(48)50(55)42-26-28-43(60)29-27-42/h6-14,18-19,21-30,36,46-50,60H,3-5,15-16,31-35,37H2,1-2H3/t46-,47-,48-,49+,50+,55-/m1/s1. The van der Waals surface area contributed by atoms with E-state index in [9.17, 15) is 9.90 Å². The lowest BCUT2D eigenvalue weighted by molar-refractivity contribution is -0.179. The molecule has 1 N–H and O–H groups in total. The highest BCUT2D eigenvalue weighted by molar-refractivity contribution is 6.23. The number of amides is 3. The Morgan fingerprint density at radius 3 is 2.09 bits per heavy atom. The first-order valence-corrected chi connectivity index (χ1v) is 23.2. The molecule has 5 aromatic rings. The summed E-state index contributed by atoms with van der Waals surface area (Å²) in [6.45, 7) is 1.96. The van der Waals surface area contributed by atoms with Crippen LogP contribution >= 0.6 is 0 Å². The molecule has 5 aromatic carbocycles. The van der Waals surface area contributed by atoms with Gasteiger partial charge in [0.1, 0.15) is 29.9 Å². The molecule has 4 heterocycles. The smallest absolute Gasteiger partial charge is 0.421 e. The Hall–Kier alpha value is -6.78. The highest BCUT2D eigenvalue weighted by Crippen LogP contribution is 2.66. The number of fused-ring (bicyclic) bond motifs is 3. The van der Waals surface area contributed by atoms with Gasteiger partial charge in [-0.1, -0.05) is 134 Å². The molecule has 12 heteroatoms. The van der Waals surface area contributed by atoms with Gasteiger partial charge in [0.25, 0.3) is 0 Å². The number of ether oxygens (including phenoxy) is 3. The van der Waals surface area contributed by atoms with Crippen LogP contribution in [0.25, 0.3) is 0 Å². The molecule has 344 valence electrons. The highest BCUT2D eigenvalue weighted by atomic mass is 16.6. The molecule has 9 rings (SSSR count). The summed E-state index contributed by atoms with van der Waals surface area (Å²) in [5, 5.41) is 10.8. The van der Waals surface area contributed by atoms with Gasteiger partial charge in [0.2, 0.25) is 11.8 Å². The number of methoxy groups -OCH3 is 1. The zero-order valence-corrected chi connectivity index (χ0v) is 38.0. The molecule has 0 unspecified atom stereocenters. The predicted octanol–water partition coefficient (Wildman–Crippen LogP) is 8.12. The summed E-state index contributed by atoms with van der Waals surface area (Å²) in [4.78, 5) is 69.4. The number of phenolic OH excluding ortho intramolecular Hbond substituents is 1. The van der Waals surface area contributed by atoms with Gasteiger partial charge in [-0.05, 0) is 78.0 Å². The molecule has 4 aliphatic rings. The molecule has 0 aliphatic carbocycles. The van der Waals surface area contributed by atoms with Crippen LogP contribution in [0.3, 0.4) is 0 Å². The zero-order chi connectivity index (χ0) is 46.5. The van der Waals surface area contributed by atoms with Crippen molar-refractivity contribution in [3.63, 3.8) is 0 Å². The molecule has 3 fully saturated rings. The van der Waals surface area contributed by atoms with E-state index in [0.717, 1.165) is 53.7 Å². The fourth-order valence-electron chi connectivity index (χ4n) is 10.8. The lowest BCUT2D eigenvalue weighted by Gasteiger charge is -2.46. The molecule has 67 heavy (non-hydrogen) atoms. The van der Waals surface area contributed by atoms with Crippen molar-refractivity contribution in [2.45, 2.75) is 68.3 Å². The number of hydrogen-bond acceptors (Lipinski definition) is 10. The monoisotopic (exact) mass is 900 g/mol. The molecule has 0 aromatic heterocycles. The van der Waals surface area contributed by atoms with E-state index in [1.807, 2.05) is 102 Å². The van der Waals surface area contributed by atoms with Gasteiger partial charge in [-0.15, -0.1) is 0 Å². The third kappa shape index (κ3) is 8.71. The first-order valence-electron chi connectivity index (χ1n) is 23.2.